The van der Waals surface area contributed by atoms with Crippen LogP contribution in [0.1, 0.15) is 12.5 Å². The lowest BCUT2D eigenvalue weighted by Gasteiger charge is -2.28. The molecule has 1 aliphatic heterocycles. The Kier molecular flexibility index (Phi) is 5.49. The van der Waals surface area contributed by atoms with Crippen LogP contribution in [0.5, 0.6) is 11.8 Å². The molecule has 2 aromatic carbocycles. The van der Waals surface area contributed by atoms with Gasteiger partial charge in [0.1, 0.15) is 5.75 Å². The number of anilines is 1. The largest absolute Gasteiger partial charge is 0.426 e. The highest BCUT2D eigenvalue weighted by molar-refractivity contribution is 6.33. The number of hydrogen-bond donors (Lipinski definition) is 1. The maximum absolute atomic E-state index is 6.56. The number of benzene rings is 2. The molecule has 3 heterocycles. The molecule has 0 spiro atoms. The summed E-state index contributed by atoms with van der Waals surface area (Å²) in [4.78, 5) is 14.7. The minimum atomic E-state index is 0.395. The zero-order valence-corrected chi connectivity index (χ0v) is 18.0. The first-order chi connectivity index (χ1) is 15.2. The number of morpholine rings is 1. The Labute approximate surface area is 185 Å². The van der Waals surface area contributed by atoms with E-state index in [1.807, 2.05) is 36.4 Å². The Hall–Kier alpha value is -3.09. The Balaban J connectivity index is 1.41. The van der Waals surface area contributed by atoms with Gasteiger partial charge in [-0.15, -0.1) is 0 Å². The van der Waals surface area contributed by atoms with Gasteiger partial charge in [-0.1, -0.05) is 42.8 Å². The molecule has 0 radical (unpaired) electrons. The molecule has 0 amide bonds. The van der Waals surface area contributed by atoms with E-state index >= 15 is 0 Å². The Morgan fingerprint density at radius 3 is 2.65 bits per heavy atom. The van der Waals surface area contributed by atoms with Gasteiger partial charge in [0.15, 0.2) is 5.65 Å². The standard InChI is InChI=1S/C24H23ClN4O2/c1-2-16-4-3-5-19(14-16)31-24-26-21-15-20(25)22(27-23(21)28-24)17-6-8-18(9-7-17)29-10-12-30-13-11-29/h3-9,14-15H,2,10-13H2,1H3,(H,26,27,28). The molecule has 31 heavy (non-hydrogen) atoms. The number of pyridine rings is 1. The topological polar surface area (TPSA) is 63.3 Å². The van der Waals surface area contributed by atoms with Gasteiger partial charge in [-0.05, 0) is 42.3 Å². The smallest absolute Gasteiger partial charge is 0.301 e. The number of nitrogens with one attached hydrogen (secondary N) is 1. The molecule has 0 bridgehead atoms. The first-order valence-corrected chi connectivity index (χ1v) is 10.8. The fourth-order valence-corrected chi connectivity index (χ4v) is 4.00. The molecule has 1 N–H and O–H groups in total. The fourth-order valence-electron chi connectivity index (χ4n) is 3.74. The third-order valence-corrected chi connectivity index (χ3v) is 5.73. The molecule has 6 nitrogen and oxygen atoms in total. The normalized spacial score (nSPS) is 14.2. The van der Waals surface area contributed by atoms with Crippen LogP contribution >= 0.6 is 11.6 Å². The van der Waals surface area contributed by atoms with Crippen LogP contribution in [0.4, 0.5) is 5.69 Å². The van der Waals surface area contributed by atoms with Crippen molar-refractivity contribution in [1.82, 2.24) is 15.0 Å². The predicted octanol–water partition coefficient (Wildman–Crippen LogP) is 5.47. The average Bonchev–Trinajstić information content (AvgIpc) is 3.20. The van der Waals surface area contributed by atoms with E-state index in [-0.39, 0.29) is 0 Å². The molecular formula is C24H23ClN4O2. The highest BCUT2D eigenvalue weighted by atomic mass is 35.5. The summed E-state index contributed by atoms with van der Waals surface area (Å²) < 4.78 is 11.3. The van der Waals surface area contributed by atoms with Crippen molar-refractivity contribution in [3.05, 3.63) is 65.2 Å². The Morgan fingerprint density at radius 2 is 1.87 bits per heavy atom. The summed E-state index contributed by atoms with van der Waals surface area (Å²) >= 11 is 6.56. The van der Waals surface area contributed by atoms with Crippen molar-refractivity contribution in [2.24, 2.45) is 0 Å². The van der Waals surface area contributed by atoms with E-state index in [9.17, 15) is 0 Å². The zero-order valence-electron chi connectivity index (χ0n) is 17.3. The van der Waals surface area contributed by atoms with Crippen LogP contribution in [-0.2, 0) is 11.2 Å². The average molecular weight is 435 g/mol. The number of H-pyrrole nitrogens is 1. The first-order valence-electron chi connectivity index (χ1n) is 10.5. The Bertz CT molecular complexity index is 1200. The van der Waals surface area contributed by atoms with Crippen LogP contribution in [0.2, 0.25) is 5.02 Å². The summed E-state index contributed by atoms with van der Waals surface area (Å²) in [6, 6.07) is 18.5. The van der Waals surface area contributed by atoms with Crippen molar-refractivity contribution in [2.75, 3.05) is 31.2 Å². The SMILES string of the molecule is CCc1cccc(Oc2nc3nc(-c4ccc(N5CCOCC5)cc4)c(Cl)cc3[nH]2)c1. The van der Waals surface area contributed by atoms with Gasteiger partial charge in [-0.2, -0.15) is 4.98 Å². The number of ether oxygens (including phenoxy) is 2. The molecule has 0 saturated carbocycles. The number of rotatable bonds is 5. The van der Waals surface area contributed by atoms with E-state index in [4.69, 9.17) is 26.1 Å². The van der Waals surface area contributed by atoms with E-state index < -0.39 is 0 Å². The van der Waals surface area contributed by atoms with Crippen LogP contribution in [-0.4, -0.2) is 41.3 Å². The van der Waals surface area contributed by atoms with Gasteiger partial charge in [0, 0.05) is 24.3 Å². The van der Waals surface area contributed by atoms with Crippen molar-refractivity contribution >= 4 is 28.5 Å². The third-order valence-electron chi connectivity index (χ3n) is 5.44. The quantitative estimate of drug-likeness (QED) is 0.451. The summed E-state index contributed by atoms with van der Waals surface area (Å²) in [5.74, 6) is 0.739. The number of aromatic nitrogens is 3. The number of imidazole rings is 1. The summed E-state index contributed by atoms with van der Waals surface area (Å²) in [6.45, 7) is 5.44. The van der Waals surface area contributed by atoms with Gasteiger partial charge >= 0.3 is 6.01 Å². The molecule has 5 rings (SSSR count). The highest BCUT2D eigenvalue weighted by Gasteiger charge is 2.14. The minimum Gasteiger partial charge on any atom is -0.426 e. The van der Waals surface area contributed by atoms with Gasteiger partial charge in [0.05, 0.1) is 29.4 Å². The second kappa shape index (κ2) is 8.57. The molecule has 2 aromatic heterocycles. The number of aryl methyl sites for hydroxylation is 1. The number of hydrogen-bond acceptors (Lipinski definition) is 5. The van der Waals surface area contributed by atoms with Crippen LogP contribution in [0.3, 0.4) is 0 Å². The summed E-state index contributed by atoms with van der Waals surface area (Å²) in [6.07, 6.45) is 0.947. The van der Waals surface area contributed by atoms with Gasteiger partial charge in [-0.3, -0.25) is 0 Å². The van der Waals surface area contributed by atoms with Crippen molar-refractivity contribution in [2.45, 2.75) is 13.3 Å². The summed E-state index contributed by atoms with van der Waals surface area (Å²) in [5.41, 5.74) is 5.34. The monoisotopic (exact) mass is 434 g/mol. The van der Waals surface area contributed by atoms with Crippen LogP contribution in [0, 0.1) is 0 Å². The first kappa shape index (κ1) is 19.8. The van der Waals surface area contributed by atoms with E-state index in [2.05, 4.69) is 40.0 Å². The summed E-state index contributed by atoms with van der Waals surface area (Å²) in [5, 5.41) is 0.565. The fraction of sp³-hybridized carbons (Fsp3) is 0.250. The molecule has 0 unspecified atom stereocenters. The molecule has 7 heteroatoms. The van der Waals surface area contributed by atoms with Crippen molar-refractivity contribution in [1.29, 1.82) is 0 Å². The van der Waals surface area contributed by atoms with E-state index in [0.29, 0.717) is 22.4 Å². The third kappa shape index (κ3) is 4.22. The molecule has 1 fully saturated rings. The van der Waals surface area contributed by atoms with Crippen LogP contribution < -0.4 is 9.64 Å². The van der Waals surface area contributed by atoms with Crippen LogP contribution in [0.25, 0.3) is 22.4 Å². The lowest BCUT2D eigenvalue weighted by Crippen LogP contribution is -2.36. The number of fused-ring (bicyclic) bond motifs is 1. The minimum absolute atomic E-state index is 0.395. The van der Waals surface area contributed by atoms with Gasteiger partial charge in [0.25, 0.3) is 0 Å². The Morgan fingerprint density at radius 1 is 1.06 bits per heavy atom. The van der Waals surface area contributed by atoms with Crippen molar-refractivity contribution in [3.8, 4) is 23.0 Å². The second-order valence-electron chi connectivity index (χ2n) is 7.48. The van der Waals surface area contributed by atoms with Crippen LogP contribution in [0.15, 0.2) is 54.6 Å². The molecule has 4 aromatic rings. The van der Waals surface area contributed by atoms with E-state index in [1.165, 1.54) is 11.3 Å². The number of halogens is 1. The molecule has 1 saturated heterocycles. The van der Waals surface area contributed by atoms with Crippen molar-refractivity contribution in [3.63, 3.8) is 0 Å². The number of nitrogens with zero attached hydrogens (tertiary/aromatic N) is 3. The summed E-state index contributed by atoms with van der Waals surface area (Å²) in [7, 11) is 0. The van der Waals surface area contributed by atoms with Gasteiger partial charge in [-0.25, -0.2) is 4.98 Å². The van der Waals surface area contributed by atoms with E-state index in [1.54, 1.807) is 0 Å². The van der Waals surface area contributed by atoms with Crippen molar-refractivity contribution < 1.29 is 9.47 Å². The maximum Gasteiger partial charge on any atom is 0.301 e. The maximum atomic E-state index is 6.56. The highest BCUT2D eigenvalue weighted by Crippen LogP contribution is 2.31. The van der Waals surface area contributed by atoms with Gasteiger partial charge in [0.2, 0.25) is 0 Å². The zero-order chi connectivity index (χ0) is 21.2. The molecule has 0 aliphatic carbocycles. The lowest BCUT2D eigenvalue weighted by molar-refractivity contribution is 0.122. The molecule has 1 aliphatic rings. The lowest BCUT2D eigenvalue weighted by atomic mass is 10.1. The van der Waals surface area contributed by atoms with E-state index in [0.717, 1.165) is 49.6 Å². The molecular weight excluding hydrogens is 412 g/mol. The second-order valence-corrected chi connectivity index (χ2v) is 7.89. The molecule has 0 atom stereocenters. The molecule has 158 valence electrons. The number of aromatic amines is 1. The van der Waals surface area contributed by atoms with Gasteiger partial charge < -0.3 is 19.4 Å². The predicted molar refractivity (Wildman–Crippen MR) is 123 cm³/mol.